The van der Waals surface area contributed by atoms with Gasteiger partial charge in [0, 0.05) is 16.8 Å². The average molecular weight is 340 g/mol. The second-order valence-corrected chi connectivity index (χ2v) is 5.42. The minimum absolute atomic E-state index is 0.0941. The van der Waals surface area contributed by atoms with Gasteiger partial charge >= 0.3 is 5.97 Å². The number of nitrogens with one attached hydrogen (secondary N) is 1. The zero-order valence-corrected chi connectivity index (χ0v) is 12.5. The number of carbonyl (C=O) groups is 3. The molecule has 0 aliphatic carbocycles. The SMILES string of the molecule is CCOC(=O)C1C(=O)NC(=O)CC1c1ccc(Br)cc1. The second-order valence-electron chi connectivity index (χ2n) is 4.50. The van der Waals surface area contributed by atoms with E-state index in [4.69, 9.17) is 4.74 Å². The molecule has 0 spiro atoms. The van der Waals surface area contributed by atoms with Gasteiger partial charge in [-0.05, 0) is 24.6 Å². The molecule has 1 aromatic rings. The molecule has 0 aromatic heterocycles. The summed E-state index contributed by atoms with van der Waals surface area (Å²) in [5, 5.41) is 2.19. The molecular weight excluding hydrogens is 326 g/mol. The van der Waals surface area contributed by atoms with Crippen LogP contribution in [0.4, 0.5) is 0 Å². The summed E-state index contributed by atoms with van der Waals surface area (Å²) in [6.07, 6.45) is 0.0941. The quantitative estimate of drug-likeness (QED) is 0.517. The lowest BCUT2D eigenvalue weighted by atomic mass is 9.80. The van der Waals surface area contributed by atoms with Gasteiger partial charge < -0.3 is 4.74 Å². The number of hydrogen-bond acceptors (Lipinski definition) is 4. The molecule has 1 aliphatic heterocycles. The lowest BCUT2D eigenvalue weighted by molar-refractivity contribution is -0.155. The molecule has 1 N–H and O–H groups in total. The predicted octanol–water partition coefficient (Wildman–Crippen LogP) is 1.76. The molecule has 2 unspecified atom stereocenters. The smallest absolute Gasteiger partial charge is 0.319 e. The fourth-order valence-electron chi connectivity index (χ4n) is 2.29. The molecular formula is C14H14BrNO4. The lowest BCUT2D eigenvalue weighted by Gasteiger charge is -2.28. The zero-order chi connectivity index (χ0) is 14.7. The van der Waals surface area contributed by atoms with Gasteiger partial charge in [0.25, 0.3) is 0 Å². The molecule has 5 nitrogen and oxygen atoms in total. The van der Waals surface area contributed by atoms with Crippen LogP contribution in [-0.4, -0.2) is 24.4 Å². The van der Waals surface area contributed by atoms with Gasteiger partial charge in [0.05, 0.1) is 6.61 Å². The number of esters is 1. The third-order valence-corrected chi connectivity index (χ3v) is 3.72. The van der Waals surface area contributed by atoms with Crippen molar-refractivity contribution in [1.29, 1.82) is 0 Å². The topological polar surface area (TPSA) is 72.5 Å². The highest BCUT2D eigenvalue weighted by molar-refractivity contribution is 9.10. The molecule has 0 radical (unpaired) electrons. The standard InChI is InChI=1S/C14H14BrNO4/c1-2-20-14(19)12-10(7-11(17)16-13(12)18)8-3-5-9(15)6-4-8/h3-6,10,12H,2,7H2,1H3,(H,16,17,18). The van der Waals surface area contributed by atoms with Crippen LogP contribution in [0.2, 0.25) is 0 Å². The highest BCUT2D eigenvalue weighted by Gasteiger charge is 2.42. The van der Waals surface area contributed by atoms with Crippen molar-refractivity contribution in [2.75, 3.05) is 6.61 Å². The molecule has 2 atom stereocenters. The number of carbonyl (C=O) groups excluding carboxylic acids is 3. The zero-order valence-electron chi connectivity index (χ0n) is 10.9. The average Bonchev–Trinajstić information content (AvgIpc) is 2.38. The first-order valence-electron chi connectivity index (χ1n) is 6.28. The van der Waals surface area contributed by atoms with Crippen molar-refractivity contribution in [3.63, 3.8) is 0 Å². The van der Waals surface area contributed by atoms with E-state index in [1.807, 2.05) is 12.1 Å². The van der Waals surface area contributed by atoms with E-state index in [-0.39, 0.29) is 18.9 Å². The minimum atomic E-state index is -0.978. The second kappa shape index (κ2) is 6.17. The number of halogens is 1. The van der Waals surface area contributed by atoms with Crippen LogP contribution in [0.3, 0.4) is 0 Å². The molecule has 2 amide bonds. The molecule has 1 saturated heterocycles. The van der Waals surface area contributed by atoms with Crippen LogP contribution < -0.4 is 5.32 Å². The van der Waals surface area contributed by atoms with Gasteiger partial charge in [0.1, 0.15) is 5.92 Å². The maximum atomic E-state index is 12.0. The Kier molecular flexibility index (Phi) is 4.54. The van der Waals surface area contributed by atoms with Crippen molar-refractivity contribution in [1.82, 2.24) is 5.32 Å². The number of hydrogen-bond donors (Lipinski definition) is 1. The van der Waals surface area contributed by atoms with Crippen LogP contribution in [0.25, 0.3) is 0 Å². The Labute approximate surface area is 124 Å². The van der Waals surface area contributed by atoms with E-state index in [1.165, 1.54) is 0 Å². The molecule has 20 heavy (non-hydrogen) atoms. The van der Waals surface area contributed by atoms with E-state index in [0.29, 0.717) is 0 Å². The van der Waals surface area contributed by atoms with E-state index in [1.54, 1.807) is 19.1 Å². The first kappa shape index (κ1) is 14.7. The first-order valence-corrected chi connectivity index (χ1v) is 7.08. The summed E-state index contributed by atoms with van der Waals surface area (Å²) in [7, 11) is 0. The number of amides is 2. The Bertz CT molecular complexity index is 541. The van der Waals surface area contributed by atoms with E-state index >= 15 is 0 Å². The van der Waals surface area contributed by atoms with Crippen LogP contribution >= 0.6 is 15.9 Å². The van der Waals surface area contributed by atoms with Crippen molar-refractivity contribution in [3.05, 3.63) is 34.3 Å². The summed E-state index contributed by atoms with van der Waals surface area (Å²) in [5.41, 5.74) is 0.773. The normalized spacial score (nSPS) is 22.3. The summed E-state index contributed by atoms with van der Waals surface area (Å²) in [6.45, 7) is 1.88. The third kappa shape index (κ3) is 3.07. The van der Waals surface area contributed by atoms with Crippen LogP contribution in [0.1, 0.15) is 24.8 Å². The van der Waals surface area contributed by atoms with Crippen molar-refractivity contribution in [3.8, 4) is 0 Å². The minimum Gasteiger partial charge on any atom is -0.465 e. The van der Waals surface area contributed by atoms with E-state index in [2.05, 4.69) is 21.2 Å². The predicted molar refractivity (Wildman–Crippen MR) is 74.8 cm³/mol. The van der Waals surface area contributed by atoms with E-state index in [9.17, 15) is 14.4 Å². The van der Waals surface area contributed by atoms with Gasteiger partial charge in [-0.3, -0.25) is 19.7 Å². The number of rotatable bonds is 3. The highest BCUT2D eigenvalue weighted by atomic mass is 79.9. The summed E-state index contributed by atoms with van der Waals surface area (Å²) >= 11 is 3.32. The molecule has 6 heteroatoms. The molecule has 1 aliphatic rings. The summed E-state index contributed by atoms with van der Waals surface area (Å²) < 4.78 is 5.83. The molecule has 1 aromatic carbocycles. The summed E-state index contributed by atoms with van der Waals surface area (Å²) in [5.74, 6) is -3.02. The third-order valence-electron chi connectivity index (χ3n) is 3.19. The van der Waals surface area contributed by atoms with Crippen molar-refractivity contribution in [2.24, 2.45) is 5.92 Å². The molecule has 0 saturated carbocycles. The number of piperidine rings is 1. The fourth-order valence-corrected chi connectivity index (χ4v) is 2.55. The Morgan fingerprint density at radius 3 is 2.60 bits per heavy atom. The van der Waals surface area contributed by atoms with Gasteiger partial charge in [-0.25, -0.2) is 0 Å². The Balaban J connectivity index is 2.33. The van der Waals surface area contributed by atoms with Gasteiger partial charge in [0.2, 0.25) is 11.8 Å². The van der Waals surface area contributed by atoms with Crippen molar-refractivity contribution in [2.45, 2.75) is 19.3 Å². The van der Waals surface area contributed by atoms with Crippen LogP contribution in [0.5, 0.6) is 0 Å². The maximum Gasteiger partial charge on any atom is 0.319 e. The maximum absolute atomic E-state index is 12.0. The van der Waals surface area contributed by atoms with Gasteiger partial charge in [-0.2, -0.15) is 0 Å². The van der Waals surface area contributed by atoms with Crippen LogP contribution in [0, 0.1) is 5.92 Å². The fraction of sp³-hybridized carbons (Fsp3) is 0.357. The molecule has 2 rings (SSSR count). The first-order chi connectivity index (χ1) is 9.52. The molecule has 1 heterocycles. The number of ether oxygens (including phenoxy) is 1. The molecule has 0 bridgehead atoms. The molecule has 106 valence electrons. The number of benzene rings is 1. The van der Waals surface area contributed by atoms with E-state index < -0.39 is 23.7 Å². The summed E-state index contributed by atoms with van der Waals surface area (Å²) in [4.78, 5) is 35.4. The Hall–Kier alpha value is -1.69. The monoisotopic (exact) mass is 339 g/mol. The van der Waals surface area contributed by atoms with Gasteiger partial charge in [-0.15, -0.1) is 0 Å². The van der Waals surface area contributed by atoms with Crippen molar-refractivity contribution < 1.29 is 19.1 Å². The highest BCUT2D eigenvalue weighted by Crippen LogP contribution is 2.33. The Morgan fingerprint density at radius 1 is 1.35 bits per heavy atom. The van der Waals surface area contributed by atoms with Gasteiger partial charge in [-0.1, -0.05) is 28.1 Å². The molecule has 1 fully saturated rings. The van der Waals surface area contributed by atoms with Gasteiger partial charge in [0.15, 0.2) is 0 Å². The van der Waals surface area contributed by atoms with Crippen molar-refractivity contribution >= 4 is 33.7 Å². The lowest BCUT2D eigenvalue weighted by Crippen LogP contribution is -2.48. The number of imide groups is 1. The largest absolute Gasteiger partial charge is 0.465 e. The summed E-state index contributed by atoms with van der Waals surface area (Å²) in [6, 6.07) is 7.22. The Morgan fingerprint density at radius 2 is 2.00 bits per heavy atom. The van der Waals surface area contributed by atoms with Crippen LogP contribution in [-0.2, 0) is 19.1 Å². The van der Waals surface area contributed by atoms with Crippen LogP contribution in [0.15, 0.2) is 28.7 Å². The van der Waals surface area contributed by atoms with E-state index in [0.717, 1.165) is 10.0 Å².